The van der Waals surface area contributed by atoms with Crippen LogP contribution < -0.4 is 5.32 Å². The predicted molar refractivity (Wildman–Crippen MR) is 57.4 cm³/mol. The number of hydrogen-bond donors (Lipinski definition) is 2. The summed E-state index contributed by atoms with van der Waals surface area (Å²) in [5.74, 6) is 0.864. The van der Waals surface area contributed by atoms with E-state index < -0.39 is 0 Å². The molecule has 2 saturated heterocycles. The quantitative estimate of drug-likeness (QED) is 0.676. The third-order valence-corrected chi connectivity index (χ3v) is 3.58. The molecular weight excluding hydrogens is 192 g/mol. The van der Waals surface area contributed by atoms with Crippen LogP contribution in [0.4, 0.5) is 0 Å². The van der Waals surface area contributed by atoms with Crippen molar-refractivity contribution in [2.45, 2.75) is 38.3 Å². The minimum atomic E-state index is -0.344. The van der Waals surface area contributed by atoms with Gasteiger partial charge in [0.2, 0.25) is 5.91 Å². The molecule has 4 nitrogen and oxygen atoms in total. The molecule has 0 aromatic rings. The van der Waals surface area contributed by atoms with E-state index in [1.165, 1.54) is 0 Å². The van der Waals surface area contributed by atoms with Gasteiger partial charge in [-0.2, -0.15) is 0 Å². The van der Waals surface area contributed by atoms with Crippen molar-refractivity contribution in [1.82, 2.24) is 10.2 Å². The number of aliphatic hydroxyl groups is 1. The van der Waals surface area contributed by atoms with Crippen LogP contribution in [0.1, 0.15) is 26.2 Å². The van der Waals surface area contributed by atoms with Crippen LogP contribution in [0.2, 0.25) is 0 Å². The SMILES string of the molecule is CCC1CCN(C(=O)C2CC(O)CN2)C1. The summed E-state index contributed by atoms with van der Waals surface area (Å²) in [7, 11) is 0. The molecular formula is C11H20N2O2. The molecule has 0 bridgehead atoms. The lowest BCUT2D eigenvalue weighted by Crippen LogP contribution is -2.42. The maximum absolute atomic E-state index is 12.0. The first-order chi connectivity index (χ1) is 7.20. The van der Waals surface area contributed by atoms with Crippen LogP contribution in [-0.2, 0) is 4.79 Å². The Labute approximate surface area is 90.6 Å². The summed E-state index contributed by atoms with van der Waals surface area (Å²) in [6.07, 6.45) is 2.53. The fourth-order valence-electron chi connectivity index (χ4n) is 2.49. The number of carbonyl (C=O) groups excluding carboxylic acids is 1. The molecule has 3 unspecified atom stereocenters. The molecule has 0 aromatic carbocycles. The smallest absolute Gasteiger partial charge is 0.239 e. The summed E-state index contributed by atoms with van der Waals surface area (Å²) < 4.78 is 0. The largest absolute Gasteiger partial charge is 0.392 e. The first-order valence-corrected chi connectivity index (χ1v) is 5.91. The van der Waals surface area contributed by atoms with Crippen LogP contribution in [0.3, 0.4) is 0 Å². The predicted octanol–water partition coefficient (Wildman–Crippen LogP) is -0.0323. The van der Waals surface area contributed by atoms with Gasteiger partial charge >= 0.3 is 0 Å². The van der Waals surface area contributed by atoms with Crippen LogP contribution in [-0.4, -0.2) is 47.7 Å². The van der Waals surface area contributed by atoms with E-state index in [0.717, 1.165) is 25.9 Å². The van der Waals surface area contributed by atoms with Crippen molar-refractivity contribution >= 4 is 5.91 Å². The van der Waals surface area contributed by atoms with E-state index in [9.17, 15) is 9.90 Å². The average Bonchev–Trinajstić information content (AvgIpc) is 2.84. The molecule has 86 valence electrons. The number of rotatable bonds is 2. The van der Waals surface area contributed by atoms with Crippen molar-refractivity contribution in [2.24, 2.45) is 5.92 Å². The van der Waals surface area contributed by atoms with Crippen molar-refractivity contribution < 1.29 is 9.90 Å². The summed E-state index contributed by atoms with van der Waals surface area (Å²) in [5, 5.41) is 12.4. The van der Waals surface area contributed by atoms with E-state index in [4.69, 9.17) is 0 Å². The van der Waals surface area contributed by atoms with Gasteiger partial charge in [-0.3, -0.25) is 4.79 Å². The summed E-state index contributed by atoms with van der Waals surface area (Å²) in [6, 6.07) is -0.143. The summed E-state index contributed by atoms with van der Waals surface area (Å²) >= 11 is 0. The van der Waals surface area contributed by atoms with Crippen LogP contribution in [0.15, 0.2) is 0 Å². The van der Waals surface area contributed by atoms with E-state index in [0.29, 0.717) is 18.9 Å². The van der Waals surface area contributed by atoms with Gasteiger partial charge in [-0.1, -0.05) is 13.3 Å². The minimum Gasteiger partial charge on any atom is -0.392 e. The summed E-state index contributed by atoms with van der Waals surface area (Å²) in [5.41, 5.74) is 0. The Bertz CT molecular complexity index is 245. The van der Waals surface area contributed by atoms with Crippen molar-refractivity contribution in [3.8, 4) is 0 Å². The normalized spacial score (nSPS) is 36.1. The number of β-amino-alcohol motifs (C(OH)–C–C–N with tert-alkyl or cyclic N) is 1. The zero-order valence-electron chi connectivity index (χ0n) is 9.28. The van der Waals surface area contributed by atoms with Gasteiger partial charge in [-0.15, -0.1) is 0 Å². The molecule has 1 amide bonds. The van der Waals surface area contributed by atoms with Gasteiger partial charge in [-0.25, -0.2) is 0 Å². The van der Waals surface area contributed by atoms with Gasteiger partial charge in [0.1, 0.15) is 0 Å². The maximum atomic E-state index is 12.0. The third kappa shape index (κ3) is 2.32. The van der Waals surface area contributed by atoms with E-state index in [-0.39, 0.29) is 18.1 Å². The van der Waals surface area contributed by atoms with Gasteiger partial charge in [0.15, 0.2) is 0 Å². The highest BCUT2D eigenvalue weighted by atomic mass is 16.3. The fraction of sp³-hybridized carbons (Fsp3) is 0.909. The Hall–Kier alpha value is -0.610. The van der Waals surface area contributed by atoms with Crippen molar-refractivity contribution in [2.75, 3.05) is 19.6 Å². The molecule has 15 heavy (non-hydrogen) atoms. The van der Waals surface area contributed by atoms with Crippen molar-refractivity contribution in [3.05, 3.63) is 0 Å². The molecule has 2 heterocycles. The molecule has 0 radical (unpaired) electrons. The fourth-order valence-corrected chi connectivity index (χ4v) is 2.49. The molecule has 4 heteroatoms. The zero-order chi connectivity index (χ0) is 10.8. The maximum Gasteiger partial charge on any atom is 0.239 e. The van der Waals surface area contributed by atoms with Crippen LogP contribution in [0.25, 0.3) is 0 Å². The Morgan fingerprint density at radius 1 is 1.60 bits per heavy atom. The molecule has 0 saturated carbocycles. The van der Waals surface area contributed by atoms with E-state index in [1.54, 1.807) is 0 Å². The van der Waals surface area contributed by atoms with E-state index in [2.05, 4.69) is 12.2 Å². The Morgan fingerprint density at radius 2 is 2.40 bits per heavy atom. The summed E-state index contributed by atoms with van der Waals surface area (Å²) in [6.45, 7) is 4.53. The highest BCUT2D eigenvalue weighted by Crippen LogP contribution is 2.21. The topological polar surface area (TPSA) is 52.6 Å². The molecule has 2 fully saturated rings. The monoisotopic (exact) mass is 212 g/mol. The van der Waals surface area contributed by atoms with Crippen molar-refractivity contribution in [3.63, 3.8) is 0 Å². The Kier molecular flexibility index (Phi) is 3.26. The van der Waals surface area contributed by atoms with Crippen molar-refractivity contribution in [1.29, 1.82) is 0 Å². The van der Waals surface area contributed by atoms with Gasteiger partial charge in [0, 0.05) is 19.6 Å². The van der Waals surface area contributed by atoms with E-state index >= 15 is 0 Å². The lowest BCUT2D eigenvalue weighted by atomic mass is 10.1. The van der Waals surface area contributed by atoms with Crippen LogP contribution in [0, 0.1) is 5.92 Å². The second kappa shape index (κ2) is 4.49. The lowest BCUT2D eigenvalue weighted by Gasteiger charge is -2.20. The Balaban J connectivity index is 1.86. The number of hydrogen-bond acceptors (Lipinski definition) is 3. The van der Waals surface area contributed by atoms with Gasteiger partial charge < -0.3 is 15.3 Å². The molecule has 2 N–H and O–H groups in total. The lowest BCUT2D eigenvalue weighted by molar-refractivity contribution is -0.132. The Morgan fingerprint density at radius 3 is 2.93 bits per heavy atom. The molecule has 3 atom stereocenters. The standard InChI is InChI=1S/C11H20N2O2/c1-2-8-3-4-13(7-8)11(15)10-5-9(14)6-12-10/h8-10,12,14H,2-7H2,1H3. The third-order valence-electron chi connectivity index (χ3n) is 3.58. The van der Waals surface area contributed by atoms with Crippen LogP contribution >= 0.6 is 0 Å². The number of likely N-dealkylation sites (tertiary alicyclic amines) is 1. The van der Waals surface area contributed by atoms with Gasteiger partial charge in [-0.05, 0) is 18.8 Å². The first-order valence-electron chi connectivity index (χ1n) is 5.91. The molecule has 0 aliphatic carbocycles. The average molecular weight is 212 g/mol. The molecule has 2 aliphatic heterocycles. The zero-order valence-corrected chi connectivity index (χ0v) is 9.28. The second-order valence-corrected chi connectivity index (χ2v) is 4.70. The first kappa shape index (κ1) is 10.9. The molecule has 2 rings (SSSR count). The molecule has 2 aliphatic rings. The number of amides is 1. The highest BCUT2D eigenvalue weighted by Gasteiger charge is 2.34. The number of nitrogens with one attached hydrogen (secondary N) is 1. The number of aliphatic hydroxyl groups excluding tert-OH is 1. The second-order valence-electron chi connectivity index (χ2n) is 4.70. The van der Waals surface area contributed by atoms with Gasteiger partial charge in [0.25, 0.3) is 0 Å². The minimum absolute atomic E-state index is 0.143. The van der Waals surface area contributed by atoms with E-state index in [1.807, 2.05) is 4.90 Å². The number of carbonyl (C=O) groups is 1. The molecule has 0 spiro atoms. The van der Waals surface area contributed by atoms with Crippen LogP contribution in [0.5, 0.6) is 0 Å². The number of nitrogens with zero attached hydrogens (tertiary/aromatic N) is 1. The molecule has 0 aromatic heterocycles. The summed E-state index contributed by atoms with van der Waals surface area (Å²) in [4.78, 5) is 14.0. The highest BCUT2D eigenvalue weighted by molar-refractivity contribution is 5.82. The van der Waals surface area contributed by atoms with Gasteiger partial charge in [0.05, 0.1) is 12.1 Å².